The van der Waals surface area contributed by atoms with Crippen molar-refractivity contribution in [1.29, 1.82) is 0 Å². The maximum Gasteiger partial charge on any atom is 0.248 e. The molecule has 0 aromatic carbocycles. The average Bonchev–Trinajstić information content (AvgIpc) is 2.96. The van der Waals surface area contributed by atoms with Crippen molar-refractivity contribution in [3.05, 3.63) is 11.6 Å². The number of likely N-dealkylation sites (tertiary alicyclic amines) is 2. The summed E-state index contributed by atoms with van der Waals surface area (Å²) in [7, 11) is 2.03. The van der Waals surface area contributed by atoms with Crippen LogP contribution in [-0.4, -0.2) is 68.4 Å². The van der Waals surface area contributed by atoms with Crippen LogP contribution in [0, 0.1) is 0 Å². The lowest BCUT2D eigenvalue weighted by Gasteiger charge is -2.32. The Morgan fingerprint density at radius 2 is 1.96 bits per heavy atom. The number of aliphatic hydroxyl groups is 1. The van der Waals surface area contributed by atoms with Crippen LogP contribution in [0.3, 0.4) is 0 Å². The fourth-order valence-electron chi connectivity index (χ4n) is 3.70. The summed E-state index contributed by atoms with van der Waals surface area (Å²) < 4.78 is 2.10. The lowest BCUT2D eigenvalue weighted by Crippen LogP contribution is -2.41. The number of carbonyl (C=O) groups excluding carboxylic acids is 1. The number of hydrogen-bond donors (Lipinski definition) is 1. The second-order valence-corrected chi connectivity index (χ2v) is 6.71. The number of carbonyl (C=O) groups is 1. The van der Waals surface area contributed by atoms with Crippen LogP contribution in [0.2, 0.25) is 0 Å². The highest BCUT2D eigenvalue weighted by atomic mass is 16.3. The van der Waals surface area contributed by atoms with Crippen LogP contribution in [0.25, 0.3) is 0 Å². The number of aromatic nitrogens is 3. The van der Waals surface area contributed by atoms with E-state index in [-0.39, 0.29) is 11.8 Å². The number of hydrogen-bond acceptors (Lipinski definition) is 5. The van der Waals surface area contributed by atoms with Gasteiger partial charge in [-0.15, -0.1) is 10.2 Å². The molecule has 0 saturated carbocycles. The van der Waals surface area contributed by atoms with Crippen molar-refractivity contribution in [2.45, 2.75) is 44.6 Å². The summed E-state index contributed by atoms with van der Waals surface area (Å²) in [5.74, 6) is 2.00. The van der Waals surface area contributed by atoms with Crippen molar-refractivity contribution in [2.24, 2.45) is 7.05 Å². The summed E-state index contributed by atoms with van der Waals surface area (Å²) in [6, 6.07) is 0. The van der Waals surface area contributed by atoms with Gasteiger partial charge in [-0.2, -0.15) is 0 Å². The molecule has 0 bridgehead atoms. The SMILES string of the molecule is Cn1c(CN2CCCCC2)nnc1[C@@H]1CCCN(C(=O)CO)C1. The van der Waals surface area contributed by atoms with Crippen LogP contribution >= 0.6 is 0 Å². The maximum absolute atomic E-state index is 11.7. The molecular formula is C16H27N5O2. The fraction of sp³-hybridized carbons (Fsp3) is 0.812. The zero-order chi connectivity index (χ0) is 16.2. The first kappa shape index (κ1) is 16.4. The Hall–Kier alpha value is -1.47. The maximum atomic E-state index is 11.7. The third-order valence-corrected chi connectivity index (χ3v) is 5.09. The number of amides is 1. The van der Waals surface area contributed by atoms with Gasteiger partial charge in [0.15, 0.2) is 0 Å². The van der Waals surface area contributed by atoms with E-state index in [1.165, 1.54) is 19.3 Å². The third-order valence-electron chi connectivity index (χ3n) is 5.09. The smallest absolute Gasteiger partial charge is 0.248 e. The largest absolute Gasteiger partial charge is 0.387 e. The number of piperidine rings is 2. The van der Waals surface area contributed by atoms with Crippen molar-refractivity contribution < 1.29 is 9.90 Å². The minimum Gasteiger partial charge on any atom is -0.387 e. The highest BCUT2D eigenvalue weighted by Gasteiger charge is 2.28. The highest BCUT2D eigenvalue weighted by molar-refractivity contribution is 5.77. The van der Waals surface area contributed by atoms with Crippen LogP contribution in [0.1, 0.15) is 49.7 Å². The quantitative estimate of drug-likeness (QED) is 0.874. The zero-order valence-electron chi connectivity index (χ0n) is 13.9. The third kappa shape index (κ3) is 3.72. The van der Waals surface area contributed by atoms with Gasteiger partial charge in [0.25, 0.3) is 0 Å². The Labute approximate surface area is 137 Å². The van der Waals surface area contributed by atoms with Gasteiger partial charge in [0.2, 0.25) is 5.91 Å². The molecule has 2 aliphatic rings. The van der Waals surface area contributed by atoms with Gasteiger partial charge in [-0.1, -0.05) is 6.42 Å². The Balaban J connectivity index is 1.67. The van der Waals surface area contributed by atoms with E-state index in [9.17, 15) is 4.79 Å². The Bertz CT molecular complexity index is 539. The lowest BCUT2D eigenvalue weighted by atomic mass is 9.97. The molecule has 23 heavy (non-hydrogen) atoms. The van der Waals surface area contributed by atoms with Crippen LogP contribution in [-0.2, 0) is 18.4 Å². The summed E-state index contributed by atoms with van der Waals surface area (Å²) in [6.45, 7) is 4.10. The molecule has 0 aliphatic carbocycles. The summed E-state index contributed by atoms with van der Waals surface area (Å²) in [4.78, 5) is 15.9. The van der Waals surface area contributed by atoms with Gasteiger partial charge in [-0.3, -0.25) is 9.69 Å². The van der Waals surface area contributed by atoms with E-state index < -0.39 is 6.61 Å². The van der Waals surface area contributed by atoms with E-state index in [0.717, 1.165) is 50.7 Å². The number of nitrogens with zero attached hydrogens (tertiary/aromatic N) is 5. The zero-order valence-corrected chi connectivity index (χ0v) is 13.9. The van der Waals surface area contributed by atoms with E-state index in [2.05, 4.69) is 19.7 Å². The predicted octanol–water partition coefficient (Wildman–Crippen LogP) is 0.499. The standard InChI is InChI=1S/C16H27N5O2/c1-19-14(11-20-7-3-2-4-8-20)17-18-16(19)13-6-5-9-21(10-13)15(23)12-22/h13,22H,2-12H2,1H3/t13-/m1/s1. The molecule has 0 unspecified atom stereocenters. The first-order valence-electron chi connectivity index (χ1n) is 8.68. The fourth-order valence-corrected chi connectivity index (χ4v) is 3.70. The van der Waals surface area contributed by atoms with Gasteiger partial charge in [-0.25, -0.2) is 0 Å². The van der Waals surface area contributed by atoms with E-state index >= 15 is 0 Å². The van der Waals surface area contributed by atoms with Crippen molar-refractivity contribution in [3.8, 4) is 0 Å². The van der Waals surface area contributed by atoms with E-state index in [4.69, 9.17) is 5.11 Å². The average molecular weight is 321 g/mol. The van der Waals surface area contributed by atoms with E-state index in [1.807, 2.05) is 7.05 Å². The highest BCUT2D eigenvalue weighted by Crippen LogP contribution is 2.26. The van der Waals surface area contributed by atoms with Gasteiger partial charge in [0.05, 0.1) is 6.54 Å². The number of aliphatic hydroxyl groups excluding tert-OH is 1. The first-order chi connectivity index (χ1) is 11.2. The van der Waals surface area contributed by atoms with Crippen molar-refractivity contribution in [1.82, 2.24) is 24.6 Å². The molecule has 3 heterocycles. The van der Waals surface area contributed by atoms with Gasteiger partial charge < -0.3 is 14.6 Å². The molecule has 2 aliphatic heterocycles. The Morgan fingerprint density at radius 3 is 2.70 bits per heavy atom. The monoisotopic (exact) mass is 321 g/mol. The number of rotatable bonds is 4. The molecule has 1 amide bonds. The molecule has 0 spiro atoms. The molecule has 7 nitrogen and oxygen atoms in total. The molecule has 2 fully saturated rings. The molecule has 2 saturated heterocycles. The van der Waals surface area contributed by atoms with E-state index in [1.54, 1.807) is 4.90 Å². The molecule has 128 valence electrons. The summed E-state index contributed by atoms with van der Waals surface area (Å²) in [6.07, 6.45) is 5.84. The van der Waals surface area contributed by atoms with Gasteiger partial charge in [0.1, 0.15) is 18.3 Å². The summed E-state index contributed by atoms with van der Waals surface area (Å²) >= 11 is 0. The normalized spacial score (nSPS) is 23.2. The minimum absolute atomic E-state index is 0.189. The molecule has 1 aromatic rings. The lowest BCUT2D eigenvalue weighted by molar-refractivity contribution is -0.135. The summed E-state index contributed by atoms with van der Waals surface area (Å²) in [5.41, 5.74) is 0. The van der Waals surface area contributed by atoms with Gasteiger partial charge in [0, 0.05) is 26.1 Å². The molecule has 1 N–H and O–H groups in total. The van der Waals surface area contributed by atoms with Crippen molar-refractivity contribution in [2.75, 3.05) is 32.8 Å². The molecule has 7 heteroatoms. The second-order valence-electron chi connectivity index (χ2n) is 6.71. The topological polar surface area (TPSA) is 74.5 Å². The molecule has 0 radical (unpaired) electrons. The predicted molar refractivity (Wildman–Crippen MR) is 85.8 cm³/mol. The molecule has 1 atom stereocenters. The second kappa shape index (κ2) is 7.40. The van der Waals surface area contributed by atoms with Crippen molar-refractivity contribution in [3.63, 3.8) is 0 Å². The summed E-state index contributed by atoms with van der Waals surface area (Å²) in [5, 5.41) is 17.9. The molecule has 1 aromatic heterocycles. The van der Waals surface area contributed by atoms with Crippen LogP contribution in [0.4, 0.5) is 0 Å². The van der Waals surface area contributed by atoms with Gasteiger partial charge in [-0.05, 0) is 38.8 Å². The van der Waals surface area contributed by atoms with Crippen molar-refractivity contribution >= 4 is 5.91 Å². The van der Waals surface area contributed by atoms with Crippen LogP contribution < -0.4 is 0 Å². The first-order valence-corrected chi connectivity index (χ1v) is 8.68. The van der Waals surface area contributed by atoms with E-state index in [0.29, 0.717) is 6.54 Å². The Morgan fingerprint density at radius 1 is 1.17 bits per heavy atom. The molecular weight excluding hydrogens is 294 g/mol. The van der Waals surface area contributed by atoms with Crippen LogP contribution in [0.5, 0.6) is 0 Å². The van der Waals surface area contributed by atoms with Crippen LogP contribution in [0.15, 0.2) is 0 Å². The van der Waals surface area contributed by atoms with Gasteiger partial charge >= 0.3 is 0 Å². The molecule has 3 rings (SSSR count). The minimum atomic E-state index is -0.411. The Kier molecular flexibility index (Phi) is 5.27.